The zero-order chi connectivity index (χ0) is 38.9. The Morgan fingerprint density at radius 1 is 0.237 bits per heavy atom. The van der Waals surface area contributed by atoms with Crippen LogP contribution in [0, 0.1) is 0 Å². The maximum Gasteiger partial charge on any atom is 0.0541 e. The predicted octanol–water partition coefficient (Wildman–Crippen LogP) is 16.1. The van der Waals surface area contributed by atoms with Gasteiger partial charge in [0.05, 0.1) is 11.0 Å². The van der Waals surface area contributed by atoms with Crippen molar-refractivity contribution in [3.05, 3.63) is 224 Å². The lowest BCUT2D eigenvalue weighted by molar-refractivity contribution is 1.18. The van der Waals surface area contributed by atoms with Gasteiger partial charge in [0.2, 0.25) is 0 Å². The van der Waals surface area contributed by atoms with Gasteiger partial charge in [0, 0.05) is 16.5 Å². The number of hydrogen-bond donors (Lipinski definition) is 0. The first kappa shape index (κ1) is 33.4. The third kappa shape index (κ3) is 5.33. The number of benzene rings is 11. The van der Waals surface area contributed by atoms with Crippen molar-refractivity contribution < 1.29 is 0 Å². The first-order valence-corrected chi connectivity index (χ1v) is 20.4. The second-order valence-electron chi connectivity index (χ2n) is 15.6. The van der Waals surface area contributed by atoms with Gasteiger partial charge >= 0.3 is 0 Å². The lowest BCUT2D eigenvalue weighted by atomic mass is 9.86. The van der Waals surface area contributed by atoms with Crippen LogP contribution >= 0.6 is 0 Å². The van der Waals surface area contributed by atoms with Gasteiger partial charge in [-0.15, -0.1) is 0 Å². The minimum Gasteiger partial charge on any atom is -0.309 e. The van der Waals surface area contributed by atoms with E-state index in [1.165, 1.54) is 109 Å². The average Bonchev–Trinajstić information content (AvgIpc) is 3.63. The molecule has 274 valence electrons. The molecule has 12 aromatic rings. The van der Waals surface area contributed by atoms with Crippen molar-refractivity contribution in [3.63, 3.8) is 0 Å². The van der Waals surface area contributed by atoms with Gasteiger partial charge in [-0.05, 0) is 124 Å². The Kier molecular flexibility index (Phi) is 7.61. The molecule has 0 bridgehead atoms. The van der Waals surface area contributed by atoms with Gasteiger partial charge in [0.25, 0.3) is 0 Å². The van der Waals surface area contributed by atoms with Crippen LogP contribution in [0.3, 0.4) is 0 Å². The van der Waals surface area contributed by atoms with Crippen LogP contribution in [0.15, 0.2) is 224 Å². The molecule has 0 radical (unpaired) electrons. The van der Waals surface area contributed by atoms with Crippen molar-refractivity contribution in [2.75, 3.05) is 0 Å². The zero-order valence-electron chi connectivity index (χ0n) is 32.3. The van der Waals surface area contributed by atoms with Crippen molar-refractivity contribution in [2.24, 2.45) is 0 Å². The van der Waals surface area contributed by atoms with Crippen LogP contribution in [-0.4, -0.2) is 4.57 Å². The van der Waals surface area contributed by atoms with E-state index in [4.69, 9.17) is 0 Å². The average molecular weight is 748 g/mol. The molecule has 0 saturated heterocycles. The van der Waals surface area contributed by atoms with Gasteiger partial charge in [-0.25, -0.2) is 0 Å². The van der Waals surface area contributed by atoms with Crippen LogP contribution in [0.5, 0.6) is 0 Å². The summed E-state index contributed by atoms with van der Waals surface area (Å²) in [6.45, 7) is 0. The zero-order valence-corrected chi connectivity index (χ0v) is 32.3. The lowest BCUT2D eigenvalue weighted by Crippen LogP contribution is -1.95. The van der Waals surface area contributed by atoms with Gasteiger partial charge in [-0.2, -0.15) is 0 Å². The van der Waals surface area contributed by atoms with Crippen LogP contribution in [0.4, 0.5) is 0 Å². The van der Waals surface area contributed by atoms with E-state index in [-0.39, 0.29) is 0 Å². The molecule has 0 aliphatic heterocycles. The number of nitrogens with zero attached hydrogens (tertiary/aromatic N) is 1. The van der Waals surface area contributed by atoms with E-state index >= 15 is 0 Å². The van der Waals surface area contributed by atoms with E-state index in [1.54, 1.807) is 0 Å². The topological polar surface area (TPSA) is 4.93 Å². The van der Waals surface area contributed by atoms with E-state index in [9.17, 15) is 0 Å². The summed E-state index contributed by atoms with van der Waals surface area (Å²) < 4.78 is 2.45. The smallest absolute Gasteiger partial charge is 0.0541 e. The molecule has 0 unspecified atom stereocenters. The van der Waals surface area contributed by atoms with Gasteiger partial charge in [-0.1, -0.05) is 188 Å². The highest BCUT2D eigenvalue weighted by atomic mass is 15.0. The lowest BCUT2D eigenvalue weighted by Gasteiger charge is -2.18. The molecule has 0 aliphatic rings. The summed E-state index contributed by atoms with van der Waals surface area (Å²) in [7, 11) is 0. The summed E-state index contributed by atoms with van der Waals surface area (Å²) in [6.07, 6.45) is 0. The molecule has 1 heterocycles. The Hall–Kier alpha value is -7.74. The molecule has 0 amide bonds. The largest absolute Gasteiger partial charge is 0.309 e. The fourth-order valence-electron chi connectivity index (χ4n) is 9.72. The fourth-order valence-corrected chi connectivity index (χ4v) is 9.72. The summed E-state index contributed by atoms with van der Waals surface area (Å²) >= 11 is 0. The monoisotopic (exact) mass is 747 g/mol. The van der Waals surface area contributed by atoms with Crippen LogP contribution in [0.1, 0.15) is 0 Å². The van der Waals surface area contributed by atoms with Crippen molar-refractivity contribution in [3.8, 4) is 50.2 Å². The second kappa shape index (κ2) is 13.4. The number of rotatable bonds is 5. The molecule has 0 spiro atoms. The van der Waals surface area contributed by atoms with E-state index in [1.807, 2.05) is 0 Å². The maximum absolute atomic E-state index is 2.45. The number of aromatic nitrogens is 1. The third-order valence-corrected chi connectivity index (χ3v) is 12.4. The van der Waals surface area contributed by atoms with Crippen LogP contribution in [0.25, 0.3) is 115 Å². The molecule has 1 aromatic heterocycles. The van der Waals surface area contributed by atoms with E-state index in [0.29, 0.717) is 0 Å². The van der Waals surface area contributed by atoms with Crippen molar-refractivity contribution in [1.82, 2.24) is 4.57 Å². The summed E-state index contributed by atoms with van der Waals surface area (Å²) in [5.74, 6) is 0. The molecule has 11 aromatic carbocycles. The second-order valence-corrected chi connectivity index (χ2v) is 15.6. The Labute approximate surface area is 342 Å². The van der Waals surface area contributed by atoms with Crippen molar-refractivity contribution >= 4 is 64.9 Å². The molecule has 1 nitrogen and oxygen atoms in total. The maximum atomic E-state index is 2.45. The molecule has 0 N–H and O–H groups in total. The summed E-state index contributed by atoms with van der Waals surface area (Å²) in [5.41, 5.74) is 13.4. The van der Waals surface area contributed by atoms with Gasteiger partial charge in [-0.3, -0.25) is 0 Å². The Bertz CT molecular complexity index is 3390. The van der Waals surface area contributed by atoms with Crippen molar-refractivity contribution in [2.45, 2.75) is 0 Å². The molecule has 0 fully saturated rings. The molecule has 0 saturated carbocycles. The highest BCUT2D eigenvalue weighted by molar-refractivity contribution is 6.21. The minimum atomic E-state index is 1.14. The normalized spacial score (nSPS) is 11.7. The predicted molar refractivity (Wildman–Crippen MR) is 253 cm³/mol. The molecule has 12 rings (SSSR count). The fraction of sp³-hybridized carbons (Fsp3) is 0. The first-order valence-electron chi connectivity index (χ1n) is 20.4. The molecule has 59 heavy (non-hydrogen) atoms. The third-order valence-electron chi connectivity index (χ3n) is 12.4. The van der Waals surface area contributed by atoms with Crippen LogP contribution in [0.2, 0.25) is 0 Å². The van der Waals surface area contributed by atoms with Crippen LogP contribution < -0.4 is 0 Å². The number of hydrogen-bond acceptors (Lipinski definition) is 0. The van der Waals surface area contributed by atoms with Gasteiger partial charge < -0.3 is 4.57 Å². The van der Waals surface area contributed by atoms with E-state index < -0.39 is 0 Å². The summed E-state index contributed by atoms with van der Waals surface area (Å²) in [4.78, 5) is 0. The van der Waals surface area contributed by atoms with E-state index in [0.717, 1.165) is 5.69 Å². The Morgan fingerprint density at radius 2 is 0.610 bits per heavy atom. The quantitative estimate of drug-likeness (QED) is 0.155. The Balaban J connectivity index is 1.07. The highest BCUT2D eigenvalue weighted by Crippen LogP contribution is 2.45. The summed E-state index contributed by atoms with van der Waals surface area (Å²) in [5, 5.41) is 12.6. The summed E-state index contributed by atoms with van der Waals surface area (Å²) in [6, 6.07) is 82.5. The Morgan fingerprint density at radius 3 is 1.08 bits per heavy atom. The highest BCUT2D eigenvalue weighted by Gasteiger charge is 2.19. The molecule has 0 aliphatic carbocycles. The SMILES string of the molecule is c1ccc(-c2c3ccccc3c(-c3ccc(-n4c5ccc(-c6cccc7ccccc67)cc5c5cc(-c6cccc7ccccc67)ccc54)cc3)c3ccccc23)cc1. The van der Waals surface area contributed by atoms with Crippen LogP contribution in [-0.2, 0) is 0 Å². The molecule has 1 heteroatoms. The standard InChI is InChI=1S/C58H37N/c1-2-16-40(17-3-1)57-49-22-8-10-24-51(49)58(52-25-11-9-23-50(52)57)41-28-32-44(33-29-41)59-55-34-30-42(47-26-12-18-38-14-4-6-20-45(38)47)36-53(55)54-37-43(31-35-56(54)59)48-27-13-19-39-15-5-7-21-46(39)48/h1-37H. The van der Waals surface area contributed by atoms with Crippen molar-refractivity contribution in [1.29, 1.82) is 0 Å². The van der Waals surface area contributed by atoms with Gasteiger partial charge in [0.1, 0.15) is 0 Å². The first-order chi connectivity index (χ1) is 29.3. The minimum absolute atomic E-state index is 1.14. The molecule has 0 atom stereocenters. The molecular weight excluding hydrogens is 711 g/mol. The number of fused-ring (bicyclic) bond motifs is 7. The molecular formula is C58H37N. The van der Waals surface area contributed by atoms with Gasteiger partial charge in [0.15, 0.2) is 0 Å². The van der Waals surface area contributed by atoms with E-state index in [2.05, 4.69) is 229 Å².